The van der Waals surface area contributed by atoms with Crippen molar-refractivity contribution < 1.29 is 19.8 Å². The number of halogens is 4. The summed E-state index contributed by atoms with van der Waals surface area (Å²) in [5.41, 5.74) is 3.14. The van der Waals surface area contributed by atoms with E-state index in [1.54, 1.807) is 48.6 Å². The van der Waals surface area contributed by atoms with Crippen LogP contribution in [0.2, 0.25) is 0 Å². The van der Waals surface area contributed by atoms with Gasteiger partial charge in [-0.15, -0.1) is 0 Å². The maximum atomic E-state index is 12.1. The highest BCUT2D eigenvalue weighted by molar-refractivity contribution is 9.13. The van der Waals surface area contributed by atoms with Crippen molar-refractivity contribution in [3.05, 3.63) is 88.7 Å². The smallest absolute Gasteiger partial charge is 0.335 e. The van der Waals surface area contributed by atoms with Crippen LogP contribution in [0, 0.1) is 0 Å². The number of rotatable bonds is 4. The predicted octanol–water partition coefficient (Wildman–Crippen LogP) is 6.75. The number of Topliss-reactive ketones (excluding diaryl/α,β-unsaturated/α-hetero) is 1. The number of hydrogen-bond donors (Lipinski definition) is 2. The van der Waals surface area contributed by atoms with Gasteiger partial charge in [-0.05, 0) is 123 Å². The van der Waals surface area contributed by atoms with Crippen LogP contribution in [-0.2, 0) is 11.2 Å². The molecule has 0 amide bonds. The molecule has 3 rings (SSSR count). The largest absolute Gasteiger partial charge is 0.506 e. The Labute approximate surface area is 200 Å². The van der Waals surface area contributed by atoms with Gasteiger partial charge in [-0.25, -0.2) is 4.79 Å². The standard InChI is InChI=1S/C21H12Br4O4/c22-15-6-11(7-16(23)19(15)26)14(12-8-17(24)20(27)18(25)9-12)5-10-3-1-2-4-13(10)21(28)29/h1-4,6-9,26H,5H2,(H,28,29). The Kier molecular flexibility index (Phi) is 6.98. The molecule has 0 aliphatic heterocycles. The highest BCUT2D eigenvalue weighted by Gasteiger charge is 2.21. The second kappa shape index (κ2) is 9.12. The summed E-state index contributed by atoms with van der Waals surface area (Å²) in [6, 6.07) is 10.3. The number of aromatic hydroxyl groups is 1. The lowest BCUT2D eigenvalue weighted by molar-refractivity contribution is -0.110. The Morgan fingerprint density at radius 3 is 2.03 bits per heavy atom. The van der Waals surface area contributed by atoms with Gasteiger partial charge in [0.25, 0.3) is 0 Å². The van der Waals surface area contributed by atoms with Crippen molar-refractivity contribution in [3.8, 4) is 5.75 Å². The first kappa shape index (κ1) is 22.2. The summed E-state index contributed by atoms with van der Waals surface area (Å²) in [6.45, 7) is 0. The van der Waals surface area contributed by atoms with Gasteiger partial charge in [0.05, 0.1) is 23.5 Å². The number of phenols is 1. The molecule has 1 aliphatic carbocycles. The number of phenolic OH excluding ortho intramolecular Hbond substituents is 1. The van der Waals surface area contributed by atoms with Crippen LogP contribution in [0.15, 0.2) is 72.0 Å². The minimum atomic E-state index is -1.01. The van der Waals surface area contributed by atoms with E-state index >= 15 is 0 Å². The molecular formula is C21H12Br4O4. The van der Waals surface area contributed by atoms with Crippen LogP contribution >= 0.6 is 63.7 Å². The van der Waals surface area contributed by atoms with Crippen molar-refractivity contribution in [2.24, 2.45) is 0 Å². The number of hydrogen-bond acceptors (Lipinski definition) is 3. The van der Waals surface area contributed by atoms with Crippen LogP contribution in [0.25, 0.3) is 5.57 Å². The number of aromatic carboxylic acids is 1. The lowest BCUT2D eigenvalue weighted by Gasteiger charge is -2.17. The molecule has 1 aliphatic rings. The molecule has 4 nitrogen and oxygen atoms in total. The lowest BCUT2D eigenvalue weighted by atomic mass is 9.90. The van der Waals surface area contributed by atoms with Gasteiger partial charge in [0.1, 0.15) is 5.75 Å². The van der Waals surface area contributed by atoms with E-state index in [2.05, 4.69) is 63.7 Å². The van der Waals surface area contributed by atoms with E-state index in [0.29, 0.717) is 29.9 Å². The number of ketones is 1. The van der Waals surface area contributed by atoms with Gasteiger partial charge < -0.3 is 10.2 Å². The number of carboxylic acids is 1. The highest BCUT2D eigenvalue weighted by Crippen LogP contribution is 2.39. The summed E-state index contributed by atoms with van der Waals surface area (Å²) in [5, 5.41) is 19.6. The fourth-order valence-corrected chi connectivity index (χ4v) is 5.29. The zero-order valence-corrected chi connectivity index (χ0v) is 20.9. The molecule has 0 heterocycles. The van der Waals surface area contributed by atoms with Crippen LogP contribution in [0.3, 0.4) is 0 Å². The lowest BCUT2D eigenvalue weighted by Crippen LogP contribution is -2.07. The Hall–Kier alpha value is -1.48. The summed E-state index contributed by atoms with van der Waals surface area (Å²) in [5.74, 6) is -1.12. The first-order valence-corrected chi connectivity index (χ1v) is 11.4. The molecule has 8 heteroatoms. The average Bonchev–Trinajstić information content (AvgIpc) is 2.67. The number of carbonyl (C=O) groups is 2. The fraction of sp³-hybridized carbons (Fsp3) is 0.0476. The normalized spacial score (nSPS) is 13.8. The quantitative estimate of drug-likeness (QED) is 0.385. The summed E-state index contributed by atoms with van der Waals surface area (Å²) in [4.78, 5) is 23.8. The van der Waals surface area contributed by atoms with Crippen molar-refractivity contribution in [1.29, 1.82) is 0 Å². The Morgan fingerprint density at radius 2 is 1.48 bits per heavy atom. The van der Waals surface area contributed by atoms with Crippen molar-refractivity contribution >= 4 is 81.0 Å². The molecule has 0 saturated heterocycles. The topological polar surface area (TPSA) is 74.6 Å². The van der Waals surface area contributed by atoms with Crippen molar-refractivity contribution in [3.63, 3.8) is 0 Å². The van der Waals surface area contributed by atoms with Crippen molar-refractivity contribution in [2.45, 2.75) is 6.42 Å². The molecule has 0 spiro atoms. The molecule has 0 fully saturated rings. The molecule has 0 bridgehead atoms. The number of carbonyl (C=O) groups excluding carboxylic acids is 1. The van der Waals surface area contributed by atoms with Gasteiger partial charge in [0.15, 0.2) is 0 Å². The van der Waals surface area contributed by atoms with E-state index in [1.807, 2.05) is 0 Å². The van der Waals surface area contributed by atoms with Gasteiger partial charge in [-0.2, -0.15) is 0 Å². The fourth-order valence-electron chi connectivity index (χ4n) is 2.92. The first-order chi connectivity index (χ1) is 13.7. The third-order valence-electron chi connectivity index (χ3n) is 4.33. The minimum absolute atomic E-state index is 0.0660. The minimum Gasteiger partial charge on any atom is -0.506 e. The SMILES string of the molecule is O=C1C(Br)=CC(=C(Cc2ccccc2C(=O)O)c2cc(Br)c(O)c(Br)c2)C=C1Br. The van der Waals surface area contributed by atoms with Crippen LogP contribution in [0.1, 0.15) is 21.5 Å². The molecular weight excluding hydrogens is 636 g/mol. The van der Waals surface area contributed by atoms with Crippen LogP contribution < -0.4 is 0 Å². The van der Waals surface area contributed by atoms with E-state index in [4.69, 9.17) is 0 Å². The second-order valence-corrected chi connectivity index (χ2v) is 9.59. The van der Waals surface area contributed by atoms with E-state index in [1.165, 1.54) is 0 Å². The van der Waals surface area contributed by atoms with Crippen LogP contribution in [-0.4, -0.2) is 22.0 Å². The molecule has 29 heavy (non-hydrogen) atoms. The van der Waals surface area contributed by atoms with Crippen LogP contribution in [0.4, 0.5) is 0 Å². The third-order valence-corrected chi connectivity index (χ3v) is 6.71. The monoisotopic (exact) mass is 644 g/mol. The van der Waals surface area contributed by atoms with E-state index in [0.717, 1.165) is 16.7 Å². The number of carboxylic acid groups (broad SMARTS) is 1. The van der Waals surface area contributed by atoms with Gasteiger partial charge in [-0.1, -0.05) is 18.2 Å². The zero-order chi connectivity index (χ0) is 21.3. The van der Waals surface area contributed by atoms with Crippen LogP contribution in [0.5, 0.6) is 5.75 Å². The summed E-state index contributed by atoms with van der Waals surface area (Å²) < 4.78 is 1.76. The first-order valence-electron chi connectivity index (χ1n) is 8.21. The maximum absolute atomic E-state index is 12.1. The molecule has 0 unspecified atom stereocenters. The second-order valence-electron chi connectivity index (χ2n) is 6.18. The zero-order valence-electron chi connectivity index (χ0n) is 14.5. The van der Waals surface area contributed by atoms with E-state index in [9.17, 15) is 19.8 Å². The molecule has 0 aromatic heterocycles. The molecule has 2 aromatic carbocycles. The Morgan fingerprint density at radius 1 is 0.931 bits per heavy atom. The summed E-state index contributed by atoms with van der Waals surface area (Å²) in [7, 11) is 0. The van der Waals surface area contributed by atoms with Gasteiger partial charge in [0, 0.05) is 0 Å². The molecule has 0 saturated carbocycles. The maximum Gasteiger partial charge on any atom is 0.335 e. The predicted molar refractivity (Wildman–Crippen MR) is 127 cm³/mol. The number of allylic oxidation sites excluding steroid dienone is 6. The van der Waals surface area contributed by atoms with Gasteiger partial charge >= 0.3 is 5.97 Å². The third kappa shape index (κ3) is 4.82. The Bertz CT molecular complexity index is 1080. The molecule has 2 N–H and O–H groups in total. The summed E-state index contributed by atoms with van der Waals surface area (Å²) in [6.07, 6.45) is 3.73. The van der Waals surface area contributed by atoms with E-state index in [-0.39, 0.29) is 17.1 Å². The highest BCUT2D eigenvalue weighted by atomic mass is 79.9. The van der Waals surface area contributed by atoms with E-state index < -0.39 is 5.97 Å². The van der Waals surface area contributed by atoms with Crippen molar-refractivity contribution in [1.82, 2.24) is 0 Å². The molecule has 148 valence electrons. The number of benzene rings is 2. The Balaban J connectivity index is 2.26. The van der Waals surface area contributed by atoms with Gasteiger partial charge in [0.2, 0.25) is 5.78 Å². The van der Waals surface area contributed by atoms with Gasteiger partial charge in [-0.3, -0.25) is 4.79 Å². The summed E-state index contributed by atoms with van der Waals surface area (Å²) >= 11 is 13.3. The molecule has 2 aromatic rings. The van der Waals surface area contributed by atoms with Crippen molar-refractivity contribution in [2.75, 3.05) is 0 Å². The average molecular weight is 648 g/mol. The molecule has 0 radical (unpaired) electrons. The molecule has 0 atom stereocenters.